The number of amides is 2. The summed E-state index contributed by atoms with van der Waals surface area (Å²) in [6.07, 6.45) is 7.80. The number of hydrogen-bond donors (Lipinski definition) is 2. The molecule has 2 fully saturated rings. The van der Waals surface area contributed by atoms with Crippen LogP contribution in [0.15, 0.2) is 29.0 Å². The van der Waals surface area contributed by atoms with Crippen LogP contribution in [-0.2, 0) is 4.79 Å². The number of nitrogens with zero attached hydrogens (tertiary/aromatic N) is 3. The van der Waals surface area contributed by atoms with Gasteiger partial charge < -0.3 is 20.4 Å². The van der Waals surface area contributed by atoms with Crippen LogP contribution in [0.3, 0.4) is 0 Å². The van der Waals surface area contributed by atoms with Gasteiger partial charge in [0.1, 0.15) is 11.7 Å². The van der Waals surface area contributed by atoms with Crippen LogP contribution in [0.5, 0.6) is 0 Å². The molecule has 1 saturated heterocycles. The molecule has 2 atom stereocenters. The van der Waals surface area contributed by atoms with Crippen LogP contribution in [0.25, 0.3) is 11.0 Å². The summed E-state index contributed by atoms with van der Waals surface area (Å²) in [7, 11) is 0. The minimum Gasteiger partial charge on any atom is -0.463 e. The highest BCUT2D eigenvalue weighted by Gasteiger charge is 2.36. The van der Waals surface area contributed by atoms with Gasteiger partial charge in [-0.05, 0) is 56.6 Å². The van der Waals surface area contributed by atoms with E-state index in [4.69, 9.17) is 10.2 Å². The van der Waals surface area contributed by atoms with Crippen LogP contribution < -0.4 is 11.1 Å². The molecule has 29 heavy (non-hydrogen) atoms. The summed E-state index contributed by atoms with van der Waals surface area (Å²) in [6, 6.07) is 4.84. The van der Waals surface area contributed by atoms with Crippen molar-refractivity contribution in [2.75, 3.05) is 6.54 Å². The topological polar surface area (TPSA) is 125 Å². The Morgan fingerprint density at radius 1 is 1.31 bits per heavy atom. The summed E-state index contributed by atoms with van der Waals surface area (Å²) >= 11 is 0. The van der Waals surface area contributed by atoms with Crippen molar-refractivity contribution >= 4 is 22.8 Å². The normalized spacial score (nSPS) is 25.5. The smallest absolute Gasteiger partial charge is 0.270 e. The van der Waals surface area contributed by atoms with Gasteiger partial charge in [0.15, 0.2) is 5.58 Å². The number of likely N-dealkylation sites (tertiary alicyclic amines) is 1. The van der Waals surface area contributed by atoms with E-state index >= 15 is 0 Å². The van der Waals surface area contributed by atoms with Crippen molar-refractivity contribution in [3.8, 4) is 6.07 Å². The summed E-state index contributed by atoms with van der Waals surface area (Å²) in [5.41, 5.74) is 7.28. The van der Waals surface area contributed by atoms with Crippen LogP contribution in [0.2, 0.25) is 0 Å². The monoisotopic (exact) mass is 395 g/mol. The summed E-state index contributed by atoms with van der Waals surface area (Å²) in [5, 5.41) is 13.1. The summed E-state index contributed by atoms with van der Waals surface area (Å²) in [6.45, 7) is 0.615. The molecule has 1 aliphatic carbocycles. The largest absolute Gasteiger partial charge is 0.463 e. The second-order valence-electron chi connectivity index (χ2n) is 7.96. The van der Waals surface area contributed by atoms with Gasteiger partial charge in [0.05, 0.1) is 24.6 Å². The van der Waals surface area contributed by atoms with Crippen molar-refractivity contribution in [3.63, 3.8) is 0 Å². The quantitative estimate of drug-likeness (QED) is 0.815. The minimum absolute atomic E-state index is 0.0431. The lowest BCUT2D eigenvalue weighted by Crippen LogP contribution is -2.50. The van der Waals surface area contributed by atoms with E-state index in [1.807, 2.05) is 0 Å². The number of fused-ring (bicyclic) bond motifs is 1. The van der Waals surface area contributed by atoms with E-state index < -0.39 is 6.04 Å². The number of furan rings is 1. The molecule has 8 nitrogen and oxygen atoms in total. The van der Waals surface area contributed by atoms with Gasteiger partial charge in [-0.15, -0.1) is 0 Å². The molecule has 8 heteroatoms. The molecule has 2 aromatic rings. The Kier molecular flexibility index (Phi) is 5.49. The van der Waals surface area contributed by atoms with Crippen LogP contribution in [-0.4, -0.2) is 46.4 Å². The second kappa shape index (κ2) is 8.21. The average Bonchev–Trinajstić information content (AvgIpc) is 3.41. The Balaban J connectivity index is 1.30. The van der Waals surface area contributed by atoms with E-state index in [2.05, 4.69) is 16.4 Å². The third-order valence-corrected chi connectivity index (χ3v) is 6.16. The van der Waals surface area contributed by atoms with Crippen LogP contribution in [0.1, 0.15) is 49.0 Å². The second-order valence-corrected chi connectivity index (χ2v) is 7.96. The highest BCUT2D eigenvalue weighted by Crippen LogP contribution is 2.29. The summed E-state index contributed by atoms with van der Waals surface area (Å²) in [4.78, 5) is 31.0. The molecule has 4 rings (SSSR count). The third-order valence-electron chi connectivity index (χ3n) is 6.16. The molecule has 0 bridgehead atoms. The number of carbonyl (C=O) groups is 2. The minimum atomic E-state index is -0.578. The number of pyridine rings is 1. The number of rotatable bonds is 4. The van der Waals surface area contributed by atoms with Crippen LogP contribution in [0.4, 0.5) is 0 Å². The predicted molar refractivity (Wildman–Crippen MR) is 106 cm³/mol. The lowest BCUT2D eigenvalue weighted by Gasteiger charge is -2.34. The summed E-state index contributed by atoms with van der Waals surface area (Å²) < 4.78 is 5.25. The maximum atomic E-state index is 12.7. The maximum Gasteiger partial charge on any atom is 0.270 e. The molecule has 3 N–H and O–H groups in total. The van der Waals surface area contributed by atoms with Crippen LogP contribution >= 0.6 is 0 Å². The van der Waals surface area contributed by atoms with Gasteiger partial charge in [-0.3, -0.25) is 9.59 Å². The zero-order chi connectivity index (χ0) is 20.4. The van der Waals surface area contributed by atoms with Crippen molar-refractivity contribution in [2.45, 2.75) is 56.7 Å². The first-order chi connectivity index (χ1) is 14.1. The van der Waals surface area contributed by atoms with E-state index in [9.17, 15) is 14.9 Å². The van der Waals surface area contributed by atoms with Gasteiger partial charge in [0, 0.05) is 18.0 Å². The van der Waals surface area contributed by atoms with Crippen molar-refractivity contribution in [1.29, 1.82) is 5.26 Å². The van der Waals surface area contributed by atoms with Gasteiger partial charge in [0.2, 0.25) is 5.91 Å². The molecule has 2 aromatic heterocycles. The SMILES string of the molecule is N#C[C@@H]1CCCN1C(=O)[C@@H](N)C1CCC(NC(=O)c2cc3ccoc3cn2)CC1. The van der Waals surface area contributed by atoms with Gasteiger partial charge in [-0.25, -0.2) is 4.98 Å². The van der Waals surface area contributed by atoms with E-state index in [1.54, 1.807) is 29.5 Å². The molecule has 0 aromatic carbocycles. The molecular weight excluding hydrogens is 370 g/mol. The van der Waals surface area contributed by atoms with Gasteiger partial charge in [-0.2, -0.15) is 5.26 Å². The first-order valence-corrected chi connectivity index (χ1v) is 10.2. The fraction of sp³-hybridized carbons (Fsp3) is 0.524. The van der Waals surface area contributed by atoms with Crippen molar-refractivity contribution in [1.82, 2.24) is 15.2 Å². The van der Waals surface area contributed by atoms with E-state index in [0.717, 1.165) is 43.9 Å². The standard InChI is InChI=1S/C21H25N5O3/c22-11-16-2-1-8-26(16)21(28)19(23)13-3-5-15(6-4-13)25-20(27)17-10-14-7-9-29-18(14)12-24-17/h7,9-10,12-13,15-16,19H,1-6,8,23H2,(H,25,27)/t13?,15?,16-,19-/m0/s1. The number of nitrogens with two attached hydrogens (primary N) is 1. The number of aromatic nitrogens is 1. The number of nitrogens with one attached hydrogen (secondary N) is 1. The Bertz CT molecular complexity index is 941. The van der Waals surface area contributed by atoms with Crippen molar-refractivity contribution < 1.29 is 14.0 Å². The molecule has 2 amide bonds. The third kappa shape index (κ3) is 3.96. The highest BCUT2D eigenvalue weighted by molar-refractivity contribution is 5.95. The van der Waals surface area contributed by atoms with Gasteiger partial charge in [-0.1, -0.05) is 0 Å². The van der Waals surface area contributed by atoms with Gasteiger partial charge in [0.25, 0.3) is 5.91 Å². The molecule has 0 unspecified atom stereocenters. The molecule has 3 heterocycles. The fourth-order valence-corrected chi connectivity index (χ4v) is 4.43. The number of nitriles is 1. The Morgan fingerprint density at radius 2 is 2.10 bits per heavy atom. The molecule has 1 aliphatic heterocycles. The van der Waals surface area contributed by atoms with E-state index in [-0.39, 0.29) is 29.8 Å². The lowest BCUT2D eigenvalue weighted by molar-refractivity contribution is -0.134. The summed E-state index contributed by atoms with van der Waals surface area (Å²) in [5.74, 6) is -0.235. The van der Waals surface area contributed by atoms with E-state index in [1.165, 1.54) is 0 Å². The zero-order valence-electron chi connectivity index (χ0n) is 16.2. The number of hydrogen-bond acceptors (Lipinski definition) is 6. The Labute approximate surface area is 169 Å². The molecule has 1 saturated carbocycles. The van der Waals surface area contributed by atoms with Crippen molar-refractivity contribution in [2.24, 2.45) is 11.7 Å². The molecular formula is C21H25N5O3. The molecule has 152 valence electrons. The molecule has 2 aliphatic rings. The Hall–Kier alpha value is -2.92. The first-order valence-electron chi connectivity index (χ1n) is 10.2. The zero-order valence-corrected chi connectivity index (χ0v) is 16.2. The Morgan fingerprint density at radius 3 is 2.86 bits per heavy atom. The van der Waals surface area contributed by atoms with Gasteiger partial charge >= 0.3 is 0 Å². The maximum absolute atomic E-state index is 12.7. The first kappa shape index (κ1) is 19.4. The fourth-order valence-electron chi connectivity index (χ4n) is 4.43. The highest BCUT2D eigenvalue weighted by atomic mass is 16.3. The molecule has 0 spiro atoms. The number of carbonyl (C=O) groups excluding carboxylic acids is 2. The van der Waals surface area contributed by atoms with Crippen molar-refractivity contribution in [3.05, 3.63) is 30.3 Å². The molecule has 0 radical (unpaired) electrons. The van der Waals surface area contributed by atoms with Crippen LogP contribution in [0, 0.1) is 17.2 Å². The average molecular weight is 395 g/mol. The lowest BCUT2D eigenvalue weighted by atomic mass is 9.81. The van der Waals surface area contributed by atoms with E-state index in [0.29, 0.717) is 17.8 Å². The predicted octanol–water partition coefficient (Wildman–Crippen LogP) is 1.96.